The Kier molecular flexibility index (Phi) is 5.58. The van der Waals surface area contributed by atoms with Crippen molar-refractivity contribution in [3.8, 4) is 0 Å². The summed E-state index contributed by atoms with van der Waals surface area (Å²) in [7, 11) is 3.99. The number of benzene rings is 2. The first-order valence-corrected chi connectivity index (χ1v) is 8.71. The highest BCUT2D eigenvalue weighted by Gasteiger charge is 2.13. The van der Waals surface area contributed by atoms with Gasteiger partial charge >= 0.3 is 0 Å². The molecule has 0 aliphatic heterocycles. The Morgan fingerprint density at radius 3 is 2.38 bits per heavy atom. The van der Waals surface area contributed by atoms with Crippen molar-refractivity contribution in [3.05, 3.63) is 82.9 Å². The smallest absolute Gasteiger partial charge is 0.287 e. The zero-order valence-electron chi connectivity index (χ0n) is 14.8. The molecule has 3 aromatic rings. The fourth-order valence-corrected chi connectivity index (χ4v) is 2.73. The molecule has 1 aromatic heterocycles. The number of hydrogen-bond donors (Lipinski definition) is 1. The second-order valence-corrected chi connectivity index (χ2v) is 6.69. The van der Waals surface area contributed by atoms with Crippen LogP contribution in [0, 0.1) is 0 Å². The molecule has 5 nitrogen and oxygen atoms in total. The van der Waals surface area contributed by atoms with Crippen molar-refractivity contribution in [2.75, 3.05) is 19.0 Å². The standard InChI is InChI=1S/C20H21ClN4O/c1-24(2)18-9-5-15(6-10-18)13-23-20(26)19-22-11-12-25(19)14-16-3-7-17(21)8-4-16/h3-12H,13-14H2,1-2H3,(H,23,26). The maximum Gasteiger partial charge on any atom is 0.287 e. The zero-order chi connectivity index (χ0) is 18.5. The Labute approximate surface area is 158 Å². The number of imidazole rings is 1. The van der Waals surface area contributed by atoms with Crippen LogP contribution in [-0.2, 0) is 13.1 Å². The summed E-state index contributed by atoms with van der Waals surface area (Å²) in [5.74, 6) is 0.200. The second-order valence-electron chi connectivity index (χ2n) is 6.25. The van der Waals surface area contributed by atoms with Gasteiger partial charge in [-0.25, -0.2) is 4.98 Å². The summed E-state index contributed by atoms with van der Waals surface area (Å²) in [6.07, 6.45) is 3.44. The first kappa shape index (κ1) is 18.0. The van der Waals surface area contributed by atoms with Crippen molar-refractivity contribution < 1.29 is 4.79 Å². The second kappa shape index (κ2) is 8.06. The largest absolute Gasteiger partial charge is 0.378 e. The van der Waals surface area contributed by atoms with Crippen molar-refractivity contribution in [3.63, 3.8) is 0 Å². The number of rotatable bonds is 6. The molecule has 1 N–H and O–H groups in total. The van der Waals surface area contributed by atoms with Crippen molar-refractivity contribution >= 4 is 23.2 Å². The number of nitrogens with one attached hydrogen (secondary N) is 1. The van der Waals surface area contributed by atoms with Crippen molar-refractivity contribution in [2.45, 2.75) is 13.1 Å². The summed E-state index contributed by atoms with van der Waals surface area (Å²) in [6, 6.07) is 15.6. The summed E-state index contributed by atoms with van der Waals surface area (Å²) in [6.45, 7) is 1.03. The van der Waals surface area contributed by atoms with Crippen LogP contribution >= 0.6 is 11.6 Å². The molecule has 0 unspecified atom stereocenters. The van der Waals surface area contributed by atoms with E-state index in [2.05, 4.69) is 10.3 Å². The van der Waals surface area contributed by atoms with Gasteiger partial charge in [0.25, 0.3) is 5.91 Å². The number of carbonyl (C=O) groups is 1. The van der Waals surface area contributed by atoms with E-state index in [9.17, 15) is 4.79 Å². The molecule has 0 bridgehead atoms. The normalized spacial score (nSPS) is 10.6. The van der Waals surface area contributed by atoms with E-state index in [1.807, 2.05) is 72.1 Å². The van der Waals surface area contributed by atoms with Gasteiger partial charge in [-0.2, -0.15) is 0 Å². The molecule has 2 aromatic carbocycles. The van der Waals surface area contributed by atoms with Crippen LogP contribution in [0.4, 0.5) is 5.69 Å². The maximum absolute atomic E-state index is 12.5. The quantitative estimate of drug-likeness (QED) is 0.723. The van der Waals surface area contributed by atoms with E-state index in [1.165, 1.54) is 0 Å². The van der Waals surface area contributed by atoms with Gasteiger partial charge in [0.05, 0.1) is 0 Å². The minimum absolute atomic E-state index is 0.194. The Morgan fingerprint density at radius 2 is 1.73 bits per heavy atom. The van der Waals surface area contributed by atoms with Gasteiger partial charge in [-0.3, -0.25) is 4.79 Å². The van der Waals surface area contributed by atoms with E-state index >= 15 is 0 Å². The third-order valence-corrected chi connectivity index (χ3v) is 4.34. The molecule has 26 heavy (non-hydrogen) atoms. The van der Waals surface area contributed by atoms with Crippen LogP contribution in [0.3, 0.4) is 0 Å². The lowest BCUT2D eigenvalue weighted by Gasteiger charge is -2.13. The molecule has 1 amide bonds. The molecule has 0 fully saturated rings. The Morgan fingerprint density at radius 1 is 1.08 bits per heavy atom. The number of hydrogen-bond acceptors (Lipinski definition) is 3. The van der Waals surface area contributed by atoms with Crippen molar-refractivity contribution in [1.29, 1.82) is 0 Å². The number of aromatic nitrogens is 2. The lowest BCUT2D eigenvalue weighted by molar-refractivity contribution is 0.0936. The van der Waals surface area contributed by atoms with Gasteiger partial charge in [0.15, 0.2) is 5.82 Å². The Balaban J connectivity index is 1.63. The van der Waals surface area contributed by atoms with Gasteiger partial charge in [-0.15, -0.1) is 0 Å². The van der Waals surface area contributed by atoms with Gasteiger partial charge in [0.1, 0.15) is 0 Å². The maximum atomic E-state index is 12.5. The first-order valence-electron chi connectivity index (χ1n) is 8.33. The fraction of sp³-hybridized carbons (Fsp3) is 0.200. The van der Waals surface area contributed by atoms with Crippen LogP contribution in [0.15, 0.2) is 60.9 Å². The highest BCUT2D eigenvalue weighted by molar-refractivity contribution is 6.30. The molecule has 0 saturated heterocycles. The number of carbonyl (C=O) groups excluding carboxylic acids is 1. The molecule has 1 heterocycles. The molecule has 0 aliphatic rings. The van der Waals surface area contributed by atoms with Crippen LogP contribution in [-0.4, -0.2) is 29.6 Å². The summed E-state index contributed by atoms with van der Waals surface area (Å²) in [4.78, 5) is 18.7. The predicted octanol–water partition coefficient (Wildman–Crippen LogP) is 3.58. The average Bonchev–Trinajstić information content (AvgIpc) is 3.10. The molecule has 0 radical (unpaired) electrons. The minimum Gasteiger partial charge on any atom is -0.378 e. The SMILES string of the molecule is CN(C)c1ccc(CNC(=O)c2nccn2Cc2ccc(Cl)cc2)cc1. The Bertz CT molecular complexity index is 870. The van der Waals surface area contributed by atoms with Crippen molar-refractivity contribution in [2.24, 2.45) is 0 Å². The molecule has 0 spiro atoms. The van der Waals surface area contributed by atoms with Crippen LogP contribution in [0.1, 0.15) is 21.7 Å². The fourth-order valence-electron chi connectivity index (χ4n) is 2.61. The summed E-state index contributed by atoms with van der Waals surface area (Å²) < 4.78 is 1.83. The molecule has 3 rings (SSSR count). The molecule has 134 valence electrons. The van der Waals surface area contributed by atoms with Gasteiger partial charge in [-0.1, -0.05) is 35.9 Å². The van der Waals surface area contributed by atoms with Gasteiger partial charge < -0.3 is 14.8 Å². The third kappa shape index (κ3) is 4.43. The monoisotopic (exact) mass is 368 g/mol. The number of halogens is 1. The zero-order valence-corrected chi connectivity index (χ0v) is 15.6. The Hall–Kier alpha value is -2.79. The van der Waals surface area contributed by atoms with Crippen LogP contribution < -0.4 is 10.2 Å². The van der Waals surface area contributed by atoms with E-state index in [4.69, 9.17) is 11.6 Å². The molecule has 0 aliphatic carbocycles. The van der Waals surface area contributed by atoms with E-state index < -0.39 is 0 Å². The van der Waals surface area contributed by atoms with Gasteiger partial charge in [0.2, 0.25) is 0 Å². The van der Waals surface area contributed by atoms with E-state index in [0.29, 0.717) is 23.9 Å². The molecule has 0 atom stereocenters. The van der Waals surface area contributed by atoms with E-state index in [1.54, 1.807) is 12.4 Å². The number of anilines is 1. The number of nitrogens with zero attached hydrogens (tertiary/aromatic N) is 3. The molecule has 0 saturated carbocycles. The van der Waals surface area contributed by atoms with E-state index in [0.717, 1.165) is 16.8 Å². The lowest BCUT2D eigenvalue weighted by atomic mass is 10.2. The van der Waals surface area contributed by atoms with Crippen molar-refractivity contribution in [1.82, 2.24) is 14.9 Å². The van der Waals surface area contributed by atoms with E-state index in [-0.39, 0.29) is 5.91 Å². The summed E-state index contributed by atoms with van der Waals surface area (Å²) in [5.41, 5.74) is 3.22. The summed E-state index contributed by atoms with van der Waals surface area (Å²) in [5, 5.41) is 3.62. The van der Waals surface area contributed by atoms with Crippen LogP contribution in [0.2, 0.25) is 5.02 Å². The predicted molar refractivity (Wildman–Crippen MR) is 105 cm³/mol. The topological polar surface area (TPSA) is 50.2 Å². The highest BCUT2D eigenvalue weighted by Crippen LogP contribution is 2.13. The van der Waals surface area contributed by atoms with Gasteiger partial charge in [-0.05, 0) is 35.4 Å². The van der Waals surface area contributed by atoms with Gasteiger partial charge in [0, 0.05) is 50.3 Å². The molecular formula is C20H21ClN4O. The molecule has 6 heteroatoms. The third-order valence-electron chi connectivity index (χ3n) is 4.09. The highest BCUT2D eigenvalue weighted by atomic mass is 35.5. The summed E-state index contributed by atoms with van der Waals surface area (Å²) >= 11 is 5.92. The minimum atomic E-state index is -0.194. The number of amides is 1. The lowest BCUT2D eigenvalue weighted by Crippen LogP contribution is -2.26. The first-order chi connectivity index (χ1) is 12.5. The van der Waals surface area contributed by atoms with Crippen LogP contribution in [0.25, 0.3) is 0 Å². The average molecular weight is 369 g/mol. The van der Waals surface area contributed by atoms with Crippen LogP contribution in [0.5, 0.6) is 0 Å². The molecular weight excluding hydrogens is 348 g/mol.